The van der Waals surface area contributed by atoms with E-state index in [0.29, 0.717) is 18.5 Å². The Morgan fingerprint density at radius 2 is 2.28 bits per heavy atom. The minimum Gasteiger partial charge on any atom is -0.403 e. The molecular weight excluding hydrogens is 268 g/mol. The first-order valence-electron chi connectivity index (χ1n) is 5.33. The summed E-state index contributed by atoms with van der Waals surface area (Å²) in [5, 5.41) is 13.0. The zero-order valence-corrected chi connectivity index (χ0v) is 11.2. The van der Waals surface area contributed by atoms with E-state index in [1.54, 1.807) is 22.7 Å². The van der Waals surface area contributed by atoms with Gasteiger partial charge in [0.2, 0.25) is 0 Å². The van der Waals surface area contributed by atoms with Crippen molar-refractivity contribution in [2.24, 2.45) is 0 Å². The van der Waals surface area contributed by atoms with Crippen LogP contribution in [0.2, 0.25) is 0 Å². The molecule has 0 bridgehead atoms. The van der Waals surface area contributed by atoms with Crippen LogP contribution in [-0.4, -0.2) is 15.2 Å². The van der Waals surface area contributed by atoms with E-state index in [-0.39, 0.29) is 0 Å². The van der Waals surface area contributed by atoms with Crippen molar-refractivity contribution in [3.63, 3.8) is 0 Å². The molecule has 0 aliphatic rings. The van der Waals surface area contributed by atoms with E-state index in [0.717, 1.165) is 10.6 Å². The van der Waals surface area contributed by atoms with Gasteiger partial charge >= 0.3 is 6.01 Å². The number of aromatic nitrogens is 3. The van der Waals surface area contributed by atoms with Gasteiger partial charge in [-0.1, -0.05) is 11.2 Å². The molecule has 0 radical (unpaired) electrons. The molecule has 5 nitrogen and oxygen atoms in total. The Balaban J connectivity index is 1.69. The van der Waals surface area contributed by atoms with E-state index in [4.69, 9.17) is 4.42 Å². The predicted octanol–water partition coefficient (Wildman–Crippen LogP) is 3.18. The quantitative estimate of drug-likeness (QED) is 0.794. The fraction of sp³-hybridized carbons (Fsp3) is 0.182. The minimum atomic E-state index is 0.436. The van der Waals surface area contributed by atoms with E-state index in [1.807, 2.05) is 29.9 Å². The van der Waals surface area contributed by atoms with E-state index in [1.165, 1.54) is 4.88 Å². The number of thiazole rings is 1. The van der Waals surface area contributed by atoms with Gasteiger partial charge in [-0.25, -0.2) is 4.98 Å². The van der Waals surface area contributed by atoms with Gasteiger partial charge in [-0.2, -0.15) is 0 Å². The van der Waals surface area contributed by atoms with Crippen LogP contribution >= 0.6 is 22.7 Å². The molecule has 0 spiro atoms. The lowest BCUT2D eigenvalue weighted by Gasteiger charge is -1.98. The number of hydrogen-bond donors (Lipinski definition) is 1. The normalized spacial score (nSPS) is 10.7. The van der Waals surface area contributed by atoms with E-state index in [9.17, 15) is 0 Å². The number of hydrogen-bond acceptors (Lipinski definition) is 7. The van der Waals surface area contributed by atoms with Gasteiger partial charge in [0, 0.05) is 4.88 Å². The van der Waals surface area contributed by atoms with E-state index < -0.39 is 0 Å². The zero-order chi connectivity index (χ0) is 12.4. The second kappa shape index (κ2) is 4.87. The molecule has 1 N–H and O–H groups in total. The molecule has 3 heterocycles. The molecule has 0 aromatic carbocycles. The van der Waals surface area contributed by atoms with Crippen molar-refractivity contribution in [3.05, 3.63) is 33.6 Å². The van der Waals surface area contributed by atoms with Crippen LogP contribution in [-0.2, 0) is 6.54 Å². The van der Waals surface area contributed by atoms with Crippen molar-refractivity contribution in [1.29, 1.82) is 0 Å². The molecule has 0 aliphatic heterocycles. The summed E-state index contributed by atoms with van der Waals surface area (Å²) in [6, 6.07) is 4.35. The lowest BCUT2D eigenvalue weighted by Crippen LogP contribution is -1.99. The van der Waals surface area contributed by atoms with Crippen LogP contribution in [0.3, 0.4) is 0 Å². The molecule has 0 saturated heterocycles. The maximum absolute atomic E-state index is 5.53. The zero-order valence-electron chi connectivity index (χ0n) is 9.58. The average Bonchev–Trinajstić information content (AvgIpc) is 3.08. The summed E-state index contributed by atoms with van der Waals surface area (Å²) in [7, 11) is 0. The lowest BCUT2D eigenvalue weighted by atomic mass is 10.4. The maximum atomic E-state index is 5.53. The summed E-state index contributed by atoms with van der Waals surface area (Å²) in [6.07, 6.45) is 0. The van der Waals surface area contributed by atoms with Gasteiger partial charge < -0.3 is 9.73 Å². The van der Waals surface area contributed by atoms with E-state index >= 15 is 0 Å². The Morgan fingerprint density at radius 1 is 1.33 bits per heavy atom. The van der Waals surface area contributed by atoms with Gasteiger partial charge in [0.05, 0.1) is 22.6 Å². The fourth-order valence-corrected chi connectivity index (χ4v) is 2.81. The highest BCUT2D eigenvalue weighted by Gasteiger charge is 2.09. The van der Waals surface area contributed by atoms with Crippen molar-refractivity contribution < 1.29 is 4.42 Å². The molecule has 0 amide bonds. The molecule has 7 heteroatoms. The molecule has 3 aromatic rings. The molecular formula is C11H10N4OS2. The third-order valence-electron chi connectivity index (χ3n) is 2.40. The number of thiophene rings is 1. The van der Waals surface area contributed by atoms with Crippen molar-refractivity contribution in [3.8, 4) is 10.8 Å². The summed E-state index contributed by atoms with van der Waals surface area (Å²) < 4.78 is 5.53. The molecule has 0 fully saturated rings. The van der Waals surface area contributed by atoms with Crippen LogP contribution < -0.4 is 5.32 Å². The van der Waals surface area contributed by atoms with Crippen LogP contribution in [0.1, 0.15) is 10.6 Å². The Labute approximate surface area is 112 Å². The number of nitrogens with zero attached hydrogens (tertiary/aromatic N) is 3. The van der Waals surface area contributed by atoms with Gasteiger partial charge in [0.1, 0.15) is 0 Å². The van der Waals surface area contributed by atoms with Crippen LogP contribution in [0.15, 0.2) is 27.4 Å². The molecule has 18 heavy (non-hydrogen) atoms. The average molecular weight is 278 g/mol. The fourth-order valence-electron chi connectivity index (χ4n) is 1.45. The van der Waals surface area contributed by atoms with Gasteiger partial charge in [-0.05, 0) is 18.4 Å². The highest BCUT2D eigenvalue weighted by atomic mass is 32.1. The highest BCUT2D eigenvalue weighted by molar-refractivity contribution is 7.13. The summed E-state index contributed by atoms with van der Waals surface area (Å²) >= 11 is 3.19. The van der Waals surface area contributed by atoms with Crippen molar-refractivity contribution >= 4 is 28.7 Å². The Bertz CT molecular complexity index is 629. The SMILES string of the molecule is Cc1ncsc1CNc1nnc(-c2cccs2)o1. The number of anilines is 1. The first-order chi connectivity index (χ1) is 8.83. The van der Waals surface area contributed by atoms with Gasteiger partial charge in [-0.15, -0.1) is 27.8 Å². The third kappa shape index (κ3) is 2.27. The van der Waals surface area contributed by atoms with Crippen LogP contribution in [0, 0.1) is 6.92 Å². The molecule has 0 atom stereocenters. The maximum Gasteiger partial charge on any atom is 0.316 e. The van der Waals surface area contributed by atoms with Gasteiger partial charge in [0.25, 0.3) is 5.89 Å². The second-order valence-corrected chi connectivity index (χ2v) is 5.49. The standard InChI is InChI=1S/C11H10N4OS2/c1-7-9(18-6-13-7)5-12-11-15-14-10(16-11)8-3-2-4-17-8/h2-4,6H,5H2,1H3,(H,12,15). The first-order valence-corrected chi connectivity index (χ1v) is 7.09. The van der Waals surface area contributed by atoms with Crippen LogP contribution in [0.4, 0.5) is 6.01 Å². The number of rotatable bonds is 4. The Kier molecular flexibility index (Phi) is 3.07. The molecule has 0 unspecified atom stereocenters. The van der Waals surface area contributed by atoms with Crippen LogP contribution in [0.25, 0.3) is 10.8 Å². The minimum absolute atomic E-state index is 0.436. The Hall–Kier alpha value is -1.73. The molecule has 92 valence electrons. The monoisotopic (exact) mass is 278 g/mol. The molecule has 3 rings (SSSR count). The smallest absolute Gasteiger partial charge is 0.316 e. The number of aryl methyl sites for hydroxylation is 1. The van der Waals surface area contributed by atoms with Gasteiger partial charge in [-0.3, -0.25) is 0 Å². The lowest BCUT2D eigenvalue weighted by molar-refractivity contribution is 0.582. The summed E-state index contributed by atoms with van der Waals surface area (Å²) in [4.78, 5) is 6.34. The predicted molar refractivity (Wildman–Crippen MR) is 71.8 cm³/mol. The van der Waals surface area contributed by atoms with Crippen LogP contribution in [0.5, 0.6) is 0 Å². The molecule has 0 saturated carbocycles. The van der Waals surface area contributed by atoms with Crippen molar-refractivity contribution in [2.45, 2.75) is 13.5 Å². The first kappa shape index (κ1) is 11.4. The van der Waals surface area contributed by atoms with Crippen molar-refractivity contribution in [2.75, 3.05) is 5.32 Å². The largest absolute Gasteiger partial charge is 0.403 e. The number of nitrogens with one attached hydrogen (secondary N) is 1. The second-order valence-electron chi connectivity index (χ2n) is 3.60. The third-order valence-corrected chi connectivity index (χ3v) is 4.19. The summed E-state index contributed by atoms with van der Waals surface area (Å²) in [6.45, 7) is 2.64. The van der Waals surface area contributed by atoms with E-state index in [2.05, 4.69) is 20.5 Å². The molecule has 0 aliphatic carbocycles. The summed E-state index contributed by atoms with van der Waals surface area (Å²) in [5.41, 5.74) is 2.86. The molecule has 3 aromatic heterocycles. The topological polar surface area (TPSA) is 63.8 Å². The highest BCUT2D eigenvalue weighted by Crippen LogP contribution is 2.24. The summed E-state index contributed by atoms with van der Waals surface area (Å²) in [5.74, 6) is 0.550. The van der Waals surface area contributed by atoms with Crippen molar-refractivity contribution in [1.82, 2.24) is 15.2 Å². The van der Waals surface area contributed by atoms with Gasteiger partial charge in [0.15, 0.2) is 0 Å². The Morgan fingerprint density at radius 3 is 3.00 bits per heavy atom.